The van der Waals surface area contributed by atoms with Crippen LogP contribution in [0, 0.1) is 22.7 Å². The van der Waals surface area contributed by atoms with E-state index in [9.17, 15) is 38.4 Å². The van der Waals surface area contributed by atoms with Gasteiger partial charge in [0.2, 0.25) is 41.4 Å². The molecule has 19 heteroatoms. The minimum atomic E-state index is -0.839. The molecule has 4 heterocycles. The van der Waals surface area contributed by atoms with Crippen molar-refractivity contribution in [3.63, 3.8) is 0 Å². The monoisotopic (exact) mass is 1100 g/mol. The molecule has 0 aromatic heterocycles. The highest BCUT2D eigenvalue weighted by molar-refractivity contribution is 8.00. The zero-order valence-electron chi connectivity index (χ0n) is 46.1. The molecule has 3 aromatic carbocycles. The molecular formula is C59H77N9O8S2. The number of Topliss-reactive ketones (excluding diaryl/α,β-unsaturated/α-hetero) is 1. The summed E-state index contributed by atoms with van der Waals surface area (Å²) in [4.78, 5) is 117. The predicted octanol–water partition coefficient (Wildman–Crippen LogP) is 4.69. The van der Waals surface area contributed by atoms with Gasteiger partial charge in [0.1, 0.15) is 24.2 Å². The van der Waals surface area contributed by atoms with Crippen molar-refractivity contribution in [3.8, 4) is 0 Å². The number of likely N-dealkylation sites (N-methyl/N-ethyl adjacent to an activating group) is 2. The van der Waals surface area contributed by atoms with Gasteiger partial charge in [-0.15, -0.1) is 23.5 Å². The van der Waals surface area contributed by atoms with Crippen molar-refractivity contribution in [2.75, 3.05) is 25.6 Å². The maximum absolute atomic E-state index is 14.9. The third-order valence-electron chi connectivity index (χ3n) is 17.4. The maximum Gasteiger partial charge on any atom is 0.246 e. The molecule has 418 valence electrons. The first-order chi connectivity index (χ1) is 37.2. The Hall–Kier alpha value is -5.76. The summed E-state index contributed by atoms with van der Waals surface area (Å²) in [6.45, 7) is 11.6. The van der Waals surface area contributed by atoms with E-state index in [4.69, 9.17) is 0 Å². The maximum atomic E-state index is 14.9. The summed E-state index contributed by atoms with van der Waals surface area (Å²) in [5.74, 6) is -2.09. The average Bonchev–Trinajstić information content (AvgIpc) is 3.84. The molecule has 6 aliphatic rings. The van der Waals surface area contributed by atoms with Crippen LogP contribution < -0.4 is 37.2 Å². The van der Waals surface area contributed by atoms with Gasteiger partial charge in [-0.25, -0.2) is 0 Å². The van der Waals surface area contributed by atoms with Gasteiger partial charge < -0.3 is 47.0 Å². The van der Waals surface area contributed by atoms with E-state index in [2.05, 4.69) is 37.2 Å². The molecule has 17 nitrogen and oxygen atoms in total. The number of aryl methyl sites for hydroxylation is 2. The lowest BCUT2D eigenvalue weighted by Crippen LogP contribution is -2.58. The van der Waals surface area contributed by atoms with Gasteiger partial charge in [-0.1, -0.05) is 100 Å². The Kier molecular flexibility index (Phi) is 17.2. The Morgan fingerprint density at radius 1 is 0.577 bits per heavy atom. The van der Waals surface area contributed by atoms with Crippen LogP contribution in [0.15, 0.2) is 72.8 Å². The molecule has 0 bridgehead atoms. The zero-order chi connectivity index (χ0) is 55.8. The van der Waals surface area contributed by atoms with Crippen LogP contribution in [0.5, 0.6) is 0 Å². The Labute approximate surface area is 466 Å². The van der Waals surface area contributed by atoms with Crippen LogP contribution in [-0.2, 0) is 52.9 Å². The van der Waals surface area contributed by atoms with Crippen LogP contribution >= 0.6 is 23.5 Å². The van der Waals surface area contributed by atoms with Crippen LogP contribution in [0.3, 0.4) is 0 Å². The standard InChI is InChI=1S/C59H77N9O8S2/c1-32(60-7)51(70)63-42-25-27-77-44-29-58(3,4)49(67(44)56(42)75)54(73)65-46-38-15-11-9-13-35(38)21-23-40(46)48(69)37-19-17-34(18-20-37)31-62-53(72)41-24-22-36-14-10-12-16-39(36)47(41)66-55(74)50-59(5,6)30-45-68(50)57(76)43(26-28-78-45)64-52(71)33(2)61-8/h9-20,32-33,40-47,49-50,60-61H,21-31H2,1-8H3,(H,62,72)(H,63,70)(H,64,71)(H,65,73)(H,66,74)/t32-,33-,40+,41+,42-,43+,44-,45-,46+,47-,49+,50+/m0/s1. The number of benzene rings is 3. The Morgan fingerprint density at radius 2 is 1.01 bits per heavy atom. The predicted molar refractivity (Wildman–Crippen MR) is 302 cm³/mol. The number of hydrogen-bond donors (Lipinski definition) is 7. The number of amides is 7. The first-order valence-electron chi connectivity index (χ1n) is 27.7. The Bertz CT molecular complexity index is 2810. The molecule has 3 aromatic rings. The van der Waals surface area contributed by atoms with Crippen LogP contribution in [0.4, 0.5) is 0 Å². The van der Waals surface area contributed by atoms with Crippen molar-refractivity contribution in [1.82, 2.24) is 47.0 Å². The third-order valence-corrected chi connectivity index (χ3v) is 19.9. The second-order valence-electron chi connectivity index (χ2n) is 23.5. The van der Waals surface area contributed by atoms with Gasteiger partial charge in [0, 0.05) is 18.0 Å². The van der Waals surface area contributed by atoms with E-state index in [-0.39, 0.29) is 64.4 Å². The summed E-state index contributed by atoms with van der Waals surface area (Å²) in [6.07, 6.45) is 4.36. The smallest absolute Gasteiger partial charge is 0.246 e. The normalized spacial score (nSPS) is 28.7. The molecular weight excluding hydrogens is 1030 g/mol. The summed E-state index contributed by atoms with van der Waals surface area (Å²) in [5.41, 5.74) is 3.85. The van der Waals surface area contributed by atoms with E-state index >= 15 is 0 Å². The summed E-state index contributed by atoms with van der Waals surface area (Å²) >= 11 is 3.26. The van der Waals surface area contributed by atoms with Crippen LogP contribution in [0.25, 0.3) is 0 Å². The molecule has 0 spiro atoms. The number of ketones is 1. The van der Waals surface area contributed by atoms with E-state index in [1.807, 2.05) is 88.4 Å². The lowest BCUT2D eigenvalue weighted by atomic mass is 9.75. The highest BCUT2D eigenvalue weighted by Gasteiger charge is 2.57. The number of fused-ring (bicyclic) bond motifs is 4. The van der Waals surface area contributed by atoms with Crippen LogP contribution in [0.1, 0.15) is 130 Å². The molecule has 78 heavy (non-hydrogen) atoms. The van der Waals surface area contributed by atoms with Crippen molar-refractivity contribution >= 4 is 70.7 Å². The number of carbonyl (C=O) groups is 8. The van der Waals surface area contributed by atoms with Crippen molar-refractivity contribution in [1.29, 1.82) is 0 Å². The van der Waals surface area contributed by atoms with Crippen molar-refractivity contribution in [2.45, 2.75) is 159 Å². The summed E-state index contributed by atoms with van der Waals surface area (Å²) in [7, 11) is 3.37. The van der Waals surface area contributed by atoms with Gasteiger partial charge in [-0.3, -0.25) is 38.4 Å². The van der Waals surface area contributed by atoms with Gasteiger partial charge in [0.15, 0.2) is 5.78 Å². The first-order valence-corrected chi connectivity index (χ1v) is 29.8. The van der Waals surface area contributed by atoms with Gasteiger partial charge in [0.05, 0.1) is 40.8 Å². The largest absolute Gasteiger partial charge is 0.352 e. The molecule has 7 N–H and O–H groups in total. The number of nitrogens with one attached hydrogen (secondary N) is 7. The SMILES string of the molecule is CN[C@@H](C)C(=O)N[C@H]1CCS[C@H]2CC(C)(C)[C@@H](C(=O)N[C@@H]3c4ccccc4CC[C@H]3C(=O)c3ccc(CNC(=O)[C@@H]4CCc5ccccc5[C@@H]4NC(=O)[C@H]4N5C(=O)[C@H](NC(=O)[C@H](C)NC)CCS[C@H]5CC4(C)C)cc3)N2C1=O. The first kappa shape index (κ1) is 56.9. The fourth-order valence-corrected chi connectivity index (χ4v) is 15.9. The third kappa shape index (κ3) is 11.5. The molecule has 0 saturated carbocycles. The van der Waals surface area contributed by atoms with Crippen LogP contribution in [-0.4, -0.2) is 130 Å². The average molecular weight is 1100 g/mol. The minimum absolute atomic E-state index is 0.128. The van der Waals surface area contributed by atoms with Crippen molar-refractivity contribution in [2.24, 2.45) is 22.7 Å². The van der Waals surface area contributed by atoms with Crippen molar-refractivity contribution < 1.29 is 38.4 Å². The van der Waals surface area contributed by atoms with Gasteiger partial charge >= 0.3 is 0 Å². The van der Waals surface area contributed by atoms with Gasteiger partial charge in [-0.05, 0) is 129 Å². The molecule has 2 aliphatic carbocycles. The molecule has 4 fully saturated rings. The summed E-state index contributed by atoms with van der Waals surface area (Å²) < 4.78 is 0. The zero-order valence-corrected chi connectivity index (χ0v) is 47.7. The molecule has 0 radical (unpaired) electrons. The van der Waals surface area contributed by atoms with Crippen LogP contribution in [0.2, 0.25) is 0 Å². The second-order valence-corrected chi connectivity index (χ2v) is 26.1. The van der Waals surface area contributed by atoms with E-state index in [0.29, 0.717) is 68.4 Å². The summed E-state index contributed by atoms with van der Waals surface area (Å²) in [5, 5.41) is 20.9. The topological polar surface area (TPSA) is 227 Å². The Balaban J connectivity index is 0.887. The number of rotatable bonds is 15. The summed E-state index contributed by atoms with van der Waals surface area (Å²) in [6, 6.07) is 17.3. The van der Waals surface area contributed by atoms with E-state index < -0.39 is 71.0 Å². The fourth-order valence-electron chi connectivity index (χ4n) is 12.8. The minimum Gasteiger partial charge on any atom is -0.352 e. The lowest BCUT2D eigenvalue weighted by molar-refractivity contribution is -0.144. The number of thioether (sulfide) groups is 2. The van der Waals surface area contributed by atoms with Crippen molar-refractivity contribution in [3.05, 3.63) is 106 Å². The molecule has 0 unspecified atom stereocenters. The molecule has 7 amide bonds. The lowest BCUT2D eigenvalue weighted by Gasteiger charge is -2.38. The fraction of sp³-hybridized carbons (Fsp3) is 0.559. The number of hydrogen-bond acceptors (Lipinski definition) is 12. The van der Waals surface area contributed by atoms with Gasteiger partial charge in [0.25, 0.3) is 0 Å². The molecule has 12 atom stereocenters. The molecule has 4 aliphatic heterocycles. The second kappa shape index (κ2) is 23.5. The molecule has 9 rings (SSSR count). The highest BCUT2D eigenvalue weighted by atomic mass is 32.2. The highest BCUT2D eigenvalue weighted by Crippen LogP contribution is 2.49. The Morgan fingerprint density at radius 3 is 1.47 bits per heavy atom. The van der Waals surface area contributed by atoms with E-state index in [0.717, 1.165) is 27.8 Å². The van der Waals surface area contributed by atoms with Gasteiger partial charge in [-0.2, -0.15) is 0 Å². The molecule has 4 saturated heterocycles. The van der Waals surface area contributed by atoms with E-state index in [1.165, 1.54) is 0 Å². The quantitative estimate of drug-likeness (QED) is 0.103. The number of carbonyl (C=O) groups excluding carboxylic acids is 8. The number of nitrogens with zero attached hydrogens (tertiary/aromatic N) is 2. The van der Waals surface area contributed by atoms with E-state index in [1.54, 1.807) is 73.4 Å².